The molecule has 0 radical (unpaired) electrons. The fourth-order valence-corrected chi connectivity index (χ4v) is 5.29. The van der Waals surface area contributed by atoms with Gasteiger partial charge in [0, 0.05) is 28.1 Å². The zero-order valence-corrected chi connectivity index (χ0v) is 20.5. The van der Waals surface area contributed by atoms with Gasteiger partial charge in [0.15, 0.2) is 11.0 Å². The maximum Gasteiger partial charge on any atom is 0.234 e. The van der Waals surface area contributed by atoms with Gasteiger partial charge in [0.25, 0.3) is 0 Å². The number of aryl methyl sites for hydroxylation is 1. The lowest BCUT2D eigenvalue weighted by Gasteiger charge is -2.14. The number of thiophene rings is 1. The summed E-state index contributed by atoms with van der Waals surface area (Å²) >= 11 is 3.16. The Labute approximate surface area is 197 Å². The van der Waals surface area contributed by atoms with Gasteiger partial charge in [-0.1, -0.05) is 44.7 Å². The molecule has 0 bridgehead atoms. The van der Waals surface area contributed by atoms with Crippen molar-refractivity contribution in [2.45, 2.75) is 63.8 Å². The number of ether oxygens (including phenoxy) is 1. The molecule has 1 unspecified atom stereocenters. The van der Waals surface area contributed by atoms with Crippen LogP contribution in [0.3, 0.4) is 0 Å². The number of hydrogen-bond donors (Lipinski definition) is 1. The Kier molecular flexibility index (Phi) is 7.65. The van der Waals surface area contributed by atoms with Gasteiger partial charge in [0.05, 0.1) is 18.4 Å². The van der Waals surface area contributed by atoms with Crippen LogP contribution in [0.4, 0.5) is 5.69 Å². The second-order valence-electron chi connectivity index (χ2n) is 8.32. The van der Waals surface area contributed by atoms with E-state index >= 15 is 0 Å². The van der Waals surface area contributed by atoms with Gasteiger partial charge in [-0.3, -0.25) is 9.36 Å². The molecule has 1 fully saturated rings. The van der Waals surface area contributed by atoms with Crippen molar-refractivity contribution in [2.24, 2.45) is 0 Å². The van der Waals surface area contributed by atoms with Crippen LogP contribution in [0.2, 0.25) is 0 Å². The minimum absolute atomic E-state index is 0.0516. The van der Waals surface area contributed by atoms with Gasteiger partial charge < -0.3 is 10.1 Å². The van der Waals surface area contributed by atoms with Crippen LogP contribution in [0.15, 0.2) is 40.9 Å². The van der Waals surface area contributed by atoms with Crippen LogP contribution < -0.4 is 5.32 Å². The number of nitrogens with zero attached hydrogens (tertiary/aromatic N) is 3. The molecule has 1 N–H and O–H groups in total. The lowest BCUT2D eigenvalue weighted by molar-refractivity contribution is -0.113. The summed E-state index contributed by atoms with van der Waals surface area (Å²) < 4.78 is 7.99. The highest BCUT2D eigenvalue weighted by Crippen LogP contribution is 2.30. The summed E-state index contributed by atoms with van der Waals surface area (Å²) in [4.78, 5) is 13.9. The van der Waals surface area contributed by atoms with Crippen LogP contribution in [0.25, 0.3) is 11.4 Å². The SMILES string of the molecule is CCc1cc(-c2nnc(SCC(=O)Nc3ccc(C(C)C)cc3)n2CC2CCCO2)cs1. The van der Waals surface area contributed by atoms with E-state index in [1.54, 1.807) is 11.3 Å². The normalized spacial score (nSPS) is 16.1. The van der Waals surface area contributed by atoms with E-state index in [0.29, 0.717) is 12.5 Å². The monoisotopic (exact) mass is 470 g/mol. The molecule has 0 spiro atoms. The standard InChI is InChI=1S/C24H30N4O2S2/c1-4-21-12-18(14-31-21)23-26-27-24(28(23)13-20-6-5-11-30-20)32-15-22(29)25-19-9-7-17(8-10-19)16(2)3/h7-10,12,14,16,20H,4-6,11,13,15H2,1-3H3,(H,25,29). The van der Waals surface area contributed by atoms with Crippen LogP contribution in [0, 0.1) is 0 Å². The van der Waals surface area contributed by atoms with Gasteiger partial charge in [0.2, 0.25) is 5.91 Å². The summed E-state index contributed by atoms with van der Waals surface area (Å²) in [5.41, 5.74) is 3.15. The number of hydrogen-bond acceptors (Lipinski definition) is 6. The molecule has 3 heterocycles. The number of thioether (sulfide) groups is 1. The first-order valence-electron chi connectivity index (χ1n) is 11.2. The highest BCUT2D eigenvalue weighted by Gasteiger charge is 2.22. The lowest BCUT2D eigenvalue weighted by atomic mass is 10.0. The van der Waals surface area contributed by atoms with Gasteiger partial charge >= 0.3 is 0 Å². The molecule has 1 atom stereocenters. The molecule has 8 heteroatoms. The average molecular weight is 471 g/mol. The Morgan fingerprint density at radius 1 is 1.31 bits per heavy atom. The lowest BCUT2D eigenvalue weighted by Crippen LogP contribution is -2.18. The number of amides is 1. The molecule has 0 aliphatic carbocycles. The molecule has 1 aromatic carbocycles. The number of carbonyl (C=O) groups is 1. The number of rotatable bonds is 9. The Balaban J connectivity index is 1.45. The molecule has 4 rings (SSSR count). The summed E-state index contributed by atoms with van der Waals surface area (Å²) in [5, 5.41) is 14.8. The minimum Gasteiger partial charge on any atom is -0.376 e. The third kappa shape index (κ3) is 5.60. The van der Waals surface area contributed by atoms with Gasteiger partial charge in [-0.2, -0.15) is 0 Å². The molecule has 0 saturated carbocycles. The van der Waals surface area contributed by atoms with Gasteiger partial charge in [0.1, 0.15) is 0 Å². The third-order valence-corrected chi connectivity index (χ3v) is 7.63. The predicted octanol–water partition coefficient (Wildman–Crippen LogP) is 5.60. The maximum absolute atomic E-state index is 12.6. The van der Waals surface area contributed by atoms with Crippen LogP contribution in [0.5, 0.6) is 0 Å². The zero-order valence-electron chi connectivity index (χ0n) is 18.8. The van der Waals surface area contributed by atoms with Gasteiger partial charge in [-0.05, 0) is 48.9 Å². The maximum atomic E-state index is 12.6. The largest absolute Gasteiger partial charge is 0.376 e. The van der Waals surface area contributed by atoms with Crippen molar-refractivity contribution in [3.8, 4) is 11.4 Å². The van der Waals surface area contributed by atoms with Crippen LogP contribution >= 0.6 is 23.1 Å². The summed E-state index contributed by atoms with van der Waals surface area (Å²) in [6.07, 6.45) is 3.30. The van der Waals surface area contributed by atoms with E-state index in [1.807, 2.05) is 12.1 Å². The molecule has 32 heavy (non-hydrogen) atoms. The van der Waals surface area contributed by atoms with Crippen molar-refractivity contribution in [1.29, 1.82) is 0 Å². The minimum atomic E-state index is -0.0516. The zero-order chi connectivity index (χ0) is 22.5. The molecule has 3 aromatic rings. The average Bonchev–Trinajstić information content (AvgIpc) is 3.54. The van der Waals surface area contributed by atoms with Crippen LogP contribution in [-0.2, 0) is 22.5 Å². The fourth-order valence-electron chi connectivity index (χ4n) is 3.73. The van der Waals surface area contributed by atoms with Crippen molar-refractivity contribution in [3.63, 3.8) is 0 Å². The van der Waals surface area contributed by atoms with Crippen molar-refractivity contribution >= 4 is 34.7 Å². The van der Waals surface area contributed by atoms with Crippen molar-refractivity contribution in [3.05, 3.63) is 46.2 Å². The van der Waals surface area contributed by atoms with Gasteiger partial charge in [-0.25, -0.2) is 0 Å². The molecule has 1 saturated heterocycles. The van der Waals surface area contributed by atoms with E-state index in [1.165, 1.54) is 22.2 Å². The number of benzene rings is 1. The summed E-state index contributed by atoms with van der Waals surface area (Å²) in [6.45, 7) is 7.99. The highest BCUT2D eigenvalue weighted by molar-refractivity contribution is 7.99. The summed E-state index contributed by atoms with van der Waals surface area (Å²) in [7, 11) is 0. The smallest absolute Gasteiger partial charge is 0.234 e. The second-order valence-corrected chi connectivity index (χ2v) is 10.3. The highest BCUT2D eigenvalue weighted by atomic mass is 32.2. The Hall–Kier alpha value is -2.16. The molecule has 1 amide bonds. The van der Waals surface area contributed by atoms with E-state index in [4.69, 9.17) is 4.74 Å². The summed E-state index contributed by atoms with van der Waals surface area (Å²) in [6, 6.07) is 10.2. The van der Waals surface area contributed by atoms with Crippen molar-refractivity contribution < 1.29 is 9.53 Å². The molecule has 2 aromatic heterocycles. The topological polar surface area (TPSA) is 69.0 Å². The fraction of sp³-hybridized carbons (Fsp3) is 0.458. The van der Waals surface area contributed by atoms with Crippen LogP contribution in [0.1, 0.15) is 50.0 Å². The predicted molar refractivity (Wildman–Crippen MR) is 132 cm³/mol. The molecular formula is C24H30N4O2S2. The van der Waals surface area contributed by atoms with Crippen molar-refractivity contribution in [1.82, 2.24) is 14.8 Å². The van der Waals surface area contributed by atoms with E-state index < -0.39 is 0 Å². The number of aromatic nitrogens is 3. The third-order valence-electron chi connectivity index (χ3n) is 5.58. The summed E-state index contributed by atoms with van der Waals surface area (Å²) in [5.74, 6) is 1.55. The molecule has 170 valence electrons. The molecular weight excluding hydrogens is 440 g/mol. The van der Waals surface area contributed by atoms with Gasteiger partial charge in [-0.15, -0.1) is 21.5 Å². The van der Waals surface area contributed by atoms with Crippen molar-refractivity contribution in [2.75, 3.05) is 17.7 Å². The molecule has 6 nitrogen and oxygen atoms in total. The quantitative estimate of drug-likeness (QED) is 0.412. The van der Waals surface area contributed by atoms with E-state index in [9.17, 15) is 4.79 Å². The Morgan fingerprint density at radius 2 is 2.12 bits per heavy atom. The Morgan fingerprint density at radius 3 is 2.78 bits per heavy atom. The number of nitrogens with one attached hydrogen (secondary N) is 1. The number of anilines is 1. The first-order chi connectivity index (χ1) is 15.5. The second kappa shape index (κ2) is 10.6. The van der Waals surface area contributed by atoms with E-state index in [-0.39, 0.29) is 17.8 Å². The van der Waals surface area contributed by atoms with E-state index in [2.05, 4.69) is 64.4 Å². The first-order valence-corrected chi connectivity index (χ1v) is 13.0. The first kappa shape index (κ1) is 23.0. The number of carbonyl (C=O) groups excluding carboxylic acids is 1. The Bertz CT molecular complexity index is 1040. The van der Waals surface area contributed by atoms with E-state index in [0.717, 1.165) is 48.1 Å². The molecule has 1 aliphatic heterocycles. The van der Waals surface area contributed by atoms with Crippen LogP contribution in [-0.4, -0.2) is 39.1 Å². The molecule has 1 aliphatic rings.